The number of furan rings is 1. The van der Waals surface area contributed by atoms with Gasteiger partial charge in [-0.25, -0.2) is 0 Å². The molecule has 0 unspecified atom stereocenters. The van der Waals surface area contributed by atoms with E-state index in [1.807, 2.05) is 4.90 Å². The second-order valence-corrected chi connectivity index (χ2v) is 7.89. The molecule has 0 radical (unpaired) electrons. The van der Waals surface area contributed by atoms with Gasteiger partial charge >= 0.3 is 0 Å². The molecule has 1 saturated heterocycles. The summed E-state index contributed by atoms with van der Waals surface area (Å²) in [5.74, 6) is 0.621. The average molecular weight is 409 g/mol. The molecule has 0 atom stereocenters. The lowest BCUT2D eigenvalue weighted by molar-refractivity contribution is -0.133. The lowest BCUT2D eigenvalue weighted by atomic mass is 9.95. The van der Waals surface area contributed by atoms with Crippen LogP contribution in [0.3, 0.4) is 0 Å². The second-order valence-electron chi connectivity index (χ2n) is 7.89. The van der Waals surface area contributed by atoms with Crippen molar-refractivity contribution in [3.63, 3.8) is 0 Å². The Hall–Kier alpha value is -1.56. The summed E-state index contributed by atoms with van der Waals surface area (Å²) in [4.78, 5) is 14.7. The number of amides is 1. The minimum absolute atomic E-state index is 0. The van der Waals surface area contributed by atoms with E-state index in [4.69, 9.17) is 14.9 Å². The lowest BCUT2D eigenvalue weighted by Crippen LogP contribution is -2.41. The second kappa shape index (κ2) is 10.3. The molecule has 5 nitrogen and oxygen atoms in total. The summed E-state index contributed by atoms with van der Waals surface area (Å²) in [6.45, 7) is 9.40. The molecule has 156 valence electrons. The maximum Gasteiger partial charge on any atom is 0.227 e. The Kier molecular flexibility index (Phi) is 8.35. The van der Waals surface area contributed by atoms with Gasteiger partial charge in [-0.3, -0.25) is 4.79 Å². The van der Waals surface area contributed by atoms with Gasteiger partial charge in [0.25, 0.3) is 0 Å². The van der Waals surface area contributed by atoms with Gasteiger partial charge in [0.05, 0.1) is 18.8 Å². The minimum atomic E-state index is 0. The summed E-state index contributed by atoms with van der Waals surface area (Å²) in [5, 5.41) is 1.07. The number of rotatable bonds is 7. The zero-order chi connectivity index (χ0) is 19.4. The van der Waals surface area contributed by atoms with Crippen LogP contribution in [0.15, 0.2) is 22.8 Å². The molecule has 1 aliphatic heterocycles. The molecular weight excluding hydrogens is 376 g/mol. The molecule has 28 heavy (non-hydrogen) atoms. The van der Waals surface area contributed by atoms with E-state index in [0.29, 0.717) is 25.5 Å². The van der Waals surface area contributed by atoms with Crippen LogP contribution in [0.5, 0.6) is 0 Å². The number of aryl methyl sites for hydroxylation is 1. The van der Waals surface area contributed by atoms with E-state index in [-0.39, 0.29) is 24.4 Å². The van der Waals surface area contributed by atoms with Crippen LogP contribution in [0.4, 0.5) is 0 Å². The first-order chi connectivity index (χ1) is 13.0. The minimum Gasteiger partial charge on any atom is -0.464 e. The number of hydrogen-bond acceptors (Lipinski definition) is 4. The normalized spacial score (nSPS) is 15.2. The first-order valence-electron chi connectivity index (χ1n) is 10.1. The number of halogens is 1. The van der Waals surface area contributed by atoms with Gasteiger partial charge < -0.3 is 19.8 Å². The van der Waals surface area contributed by atoms with Gasteiger partial charge in [-0.1, -0.05) is 13.8 Å². The molecule has 1 amide bonds. The molecule has 0 aliphatic carbocycles. The van der Waals surface area contributed by atoms with Crippen molar-refractivity contribution in [2.24, 2.45) is 5.73 Å². The van der Waals surface area contributed by atoms with Crippen molar-refractivity contribution in [3.05, 3.63) is 35.1 Å². The first kappa shape index (κ1) is 22.7. The third-order valence-corrected chi connectivity index (χ3v) is 5.50. The van der Waals surface area contributed by atoms with Gasteiger partial charge in [0, 0.05) is 30.6 Å². The maximum atomic E-state index is 12.8. The van der Waals surface area contributed by atoms with Crippen molar-refractivity contribution in [1.82, 2.24) is 4.90 Å². The number of hydrogen-bond donors (Lipinski definition) is 1. The van der Waals surface area contributed by atoms with Gasteiger partial charge in [0.2, 0.25) is 5.91 Å². The van der Waals surface area contributed by atoms with Crippen molar-refractivity contribution in [1.29, 1.82) is 0 Å². The molecule has 3 rings (SSSR count). The van der Waals surface area contributed by atoms with Crippen molar-refractivity contribution < 1.29 is 13.9 Å². The molecule has 1 aliphatic rings. The molecule has 2 aromatic rings. The summed E-state index contributed by atoms with van der Waals surface area (Å²) >= 11 is 0. The Morgan fingerprint density at radius 2 is 2.04 bits per heavy atom. The Labute approximate surface area is 174 Å². The highest BCUT2D eigenvalue weighted by atomic mass is 35.5. The molecule has 0 spiro atoms. The van der Waals surface area contributed by atoms with Gasteiger partial charge in [0.1, 0.15) is 5.58 Å². The maximum absolute atomic E-state index is 12.8. The Balaban J connectivity index is 0.00000280. The first-order valence-corrected chi connectivity index (χ1v) is 10.1. The van der Waals surface area contributed by atoms with Gasteiger partial charge in [-0.2, -0.15) is 0 Å². The SMILES string of the molecule is Cc1cc2occ(CC(=O)N3CCC(OCCCN)CC3)c2cc1C(C)C.Cl. The summed E-state index contributed by atoms with van der Waals surface area (Å²) in [6, 6.07) is 4.28. The van der Waals surface area contributed by atoms with Crippen molar-refractivity contribution in [2.45, 2.75) is 58.5 Å². The highest BCUT2D eigenvalue weighted by Crippen LogP contribution is 2.29. The number of benzene rings is 1. The lowest BCUT2D eigenvalue weighted by Gasteiger charge is -2.32. The van der Waals surface area contributed by atoms with Crippen molar-refractivity contribution in [2.75, 3.05) is 26.2 Å². The fourth-order valence-electron chi connectivity index (χ4n) is 3.88. The van der Waals surface area contributed by atoms with Crippen LogP contribution in [-0.2, 0) is 16.0 Å². The van der Waals surface area contributed by atoms with Crippen molar-refractivity contribution in [3.8, 4) is 0 Å². The average Bonchev–Trinajstić information content (AvgIpc) is 3.03. The predicted octanol–water partition coefficient (Wildman–Crippen LogP) is 4.19. The fraction of sp³-hybridized carbons (Fsp3) is 0.591. The summed E-state index contributed by atoms with van der Waals surface area (Å²) in [6.07, 6.45) is 5.09. The Morgan fingerprint density at radius 1 is 1.32 bits per heavy atom. The van der Waals surface area contributed by atoms with Gasteiger partial charge in [-0.05, 0) is 61.9 Å². The monoisotopic (exact) mass is 408 g/mol. The van der Waals surface area contributed by atoms with E-state index in [2.05, 4.69) is 32.9 Å². The molecule has 1 fully saturated rings. The summed E-state index contributed by atoms with van der Waals surface area (Å²) in [5.41, 5.74) is 9.91. The number of piperidine rings is 1. The molecular formula is C22H33ClN2O3. The molecule has 0 saturated carbocycles. The van der Waals surface area contributed by atoms with E-state index in [1.165, 1.54) is 11.1 Å². The number of carbonyl (C=O) groups is 1. The zero-order valence-electron chi connectivity index (χ0n) is 17.2. The topological polar surface area (TPSA) is 68.7 Å². The van der Waals surface area contributed by atoms with E-state index >= 15 is 0 Å². The zero-order valence-corrected chi connectivity index (χ0v) is 18.0. The third-order valence-electron chi connectivity index (χ3n) is 5.50. The van der Waals surface area contributed by atoms with Crippen molar-refractivity contribution >= 4 is 29.3 Å². The molecule has 2 N–H and O–H groups in total. The number of nitrogens with two attached hydrogens (primary N) is 1. The third kappa shape index (κ3) is 5.28. The molecule has 1 aromatic carbocycles. The number of nitrogens with zero attached hydrogens (tertiary/aromatic N) is 1. The standard InChI is InChI=1S/C22H32N2O3.ClH/c1-15(2)19-13-20-17(14-27-21(20)11-16(19)3)12-22(25)24-8-5-18(6-9-24)26-10-4-7-23;/h11,13-15,18H,4-10,12,23H2,1-3H3;1H. The number of likely N-dealkylation sites (tertiary alicyclic amines) is 1. The highest BCUT2D eigenvalue weighted by Gasteiger charge is 2.24. The molecule has 2 heterocycles. The summed E-state index contributed by atoms with van der Waals surface area (Å²) in [7, 11) is 0. The predicted molar refractivity (Wildman–Crippen MR) is 115 cm³/mol. The smallest absolute Gasteiger partial charge is 0.227 e. The Morgan fingerprint density at radius 3 is 2.68 bits per heavy atom. The van der Waals surface area contributed by atoms with E-state index in [9.17, 15) is 4.79 Å². The van der Waals surface area contributed by atoms with E-state index < -0.39 is 0 Å². The Bertz CT molecular complexity index is 779. The summed E-state index contributed by atoms with van der Waals surface area (Å²) < 4.78 is 11.6. The highest BCUT2D eigenvalue weighted by molar-refractivity contribution is 5.88. The van der Waals surface area contributed by atoms with Gasteiger partial charge in [0.15, 0.2) is 0 Å². The number of fused-ring (bicyclic) bond motifs is 1. The fourth-order valence-corrected chi connectivity index (χ4v) is 3.88. The largest absolute Gasteiger partial charge is 0.464 e. The number of ether oxygens (including phenoxy) is 1. The van der Waals surface area contributed by atoms with Crippen LogP contribution in [0, 0.1) is 6.92 Å². The van der Waals surface area contributed by atoms with E-state index in [1.54, 1.807) is 6.26 Å². The van der Waals surface area contributed by atoms with Crippen LogP contribution in [0.25, 0.3) is 11.0 Å². The van der Waals surface area contributed by atoms with Crippen LogP contribution in [0.2, 0.25) is 0 Å². The van der Waals surface area contributed by atoms with Crippen LogP contribution >= 0.6 is 12.4 Å². The van der Waals surface area contributed by atoms with E-state index in [0.717, 1.165) is 48.9 Å². The molecule has 1 aromatic heterocycles. The number of carbonyl (C=O) groups excluding carboxylic acids is 1. The molecule has 6 heteroatoms. The molecule has 0 bridgehead atoms. The quantitative estimate of drug-likeness (QED) is 0.697. The van der Waals surface area contributed by atoms with Crippen LogP contribution in [0.1, 0.15) is 55.7 Å². The van der Waals surface area contributed by atoms with Crippen LogP contribution < -0.4 is 5.73 Å². The van der Waals surface area contributed by atoms with Crippen LogP contribution in [-0.4, -0.2) is 43.2 Å². The van der Waals surface area contributed by atoms with Gasteiger partial charge in [-0.15, -0.1) is 12.4 Å².